The van der Waals surface area contributed by atoms with Crippen LogP contribution in [0.2, 0.25) is 0 Å². The van der Waals surface area contributed by atoms with Gasteiger partial charge in [0.25, 0.3) is 0 Å². The first kappa shape index (κ1) is 17.8. The molecule has 0 atom stereocenters. The van der Waals surface area contributed by atoms with E-state index in [0.717, 1.165) is 44.3 Å². The first-order valence-electron chi connectivity index (χ1n) is 9.94. The first-order valence-corrected chi connectivity index (χ1v) is 9.94. The summed E-state index contributed by atoms with van der Waals surface area (Å²) >= 11 is 0. The number of amides is 2. The Morgan fingerprint density at radius 2 is 1.96 bits per heavy atom. The van der Waals surface area contributed by atoms with Gasteiger partial charge in [0.05, 0.1) is 5.54 Å². The molecule has 1 aliphatic heterocycles. The highest BCUT2D eigenvalue weighted by atomic mass is 19.1. The fraction of sp³-hybridized carbons (Fsp3) is 0.667. The quantitative estimate of drug-likeness (QED) is 0.889. The number of halogens is 1. The molecule has 0 bridgehead atoms. The predicted octanol–water partition coefficient (Wildman–Crippen LogP) is 3.72. The SMILES string of the molecule is CN(C)[C@]1(c2cccc(F)c2)CC[C@]2(CC1)CNC(=O)N2CC1CCC1. The van der Waals surface area contributed by atoms with Crippen LogP contribution < -0.4 is 5.32 Å². The largest absolute Gasteiger partial charge is 0.336 e. The van der Waals surface area contributed by atoms with E-state index in [0.29, 0.717) is 5.92 Å². The number of benzene rings is 1. The van der Waals surface area contributed by atoms with Crippen LogP contribution >= 0.6 is 0 Å². The van der Waals surface area contributed by atoms with Gasteiger partial charge in [0.1, 0.15) is 5.82 Å². The van der Waals surface area contributed by atoms with Crippen molar-refractivity contribution in [3.8, 4) is 0 Å². The number of carbonyl (C=O) groups is 1. The van der Waals surface area contributed by atoms with Crippen molar-refractivity contribution in [2.45, 2.75) is 56.0 Å². The molecule has 3 fully saturated rings. The Labute approximate surface area is 155 Å². The summed E-state index contributed by atoms with van der Waals surface area (Å²) in [6.45, 7) is 1.66. The summed E-state index contributed by atoms with van der Waals surface area (Å²) in [5.74, 6) is 0.507. The highest BCUT2D eigenvalue weighted by Gasteiger charge is 2.52. The van der Waals surface area contributed by atoms with E-state index in [9.17, 15) is 9.18 Å². The zero-order valence-corrected chi connectivity index (χ0v) is 15.9. The summed E-state index contributed by atoms with van der Waals surface area (Å²) in [5, 5.41) is 3.10. The molecule has 3 aliphatic rings. The van der Waals surface area contributed by atoms with Gasteiger partial charge in [-0.25, -0.2) is 9.18 Å². The second-order valence-corrected chi connectivity index (χ2v) is 8.73. The third-order valence-corrected chi connectivity index (χ3v) is 7.28. The van der Waals surface area contributed by atoms with Crippen molar-refractivity contribution < 1.29 is 9.18 Å². The lowest BCUT2D eigenvalue weighted by molar-refractivity contribution is 0.0169. The van der Waals surface area contributed by atoms with E-state index in [1.54, 1.807) is 6.07 Å². The van der Waals surface area contributed by atoms with Gasteiger partial charge in [-0.2, -0.15) is 0 Å². The Morgan fingerprint density at radius 1 is 1.23 bits per heavy atom. The summed E-state index contributed by atoms with van der Waals surface area (Å²) < 4.78 is 13.9. The second kappa shape index (κ2) is 6.52. The van der Waals surface area contributed by atoms with Gasteiger partial charge in [0.15, 0.2) is 0 Å². The Hall–Kier alpha value is -1.62. The van der Waals surface area contributed by atoms with Crippen LogP contribution in [0.5, 0.6) is 0 Å². The monoisotopic (exact) mass is 359 g/mol. The van der Waals surface area contributed by atoms with Gasteiger partial charge in [-0.05, 0) is 76.2 Å². The van der Waals surface area contributed by atoms with Crippen LogP contribution in [0.1, 0.15) is 50.5 Å². The standard InChI is InChI=1S/C21H30FN3O/c1-24(2)21(17-7-4-8-18(22)13-17)11-9-20(10-12-21)15-23-19(26)25(20)14-16-5-3-6-16/h4,7-8,13,16H,3,5-6,9-12,14-15H2,1-2H3,(H,23,26)/t20-,21+. The van der Waals surface area contributed by atoms with Crippen molar-refractivity contribution in [3.63, 3.8) is 0 Å². The predicted molar refractivity (Wildman–Crippen MR) is 100 cm³/mol. The molecule has 1 spiro atoms. The summed E-state index contributed by atoms with van der Waals surface area (Å²) in [4.78, 5) is 16.9. The summed E-state index contributed by atoms with van der Waals surface area (Å²) in [6.07, 6.45) is 7.63. The van der Waals surface area contributed by atoms with Crippen LogP contribution in [-0.2, 0) is 5.54 Å². The van der Waals surface area contributed by atoms with Crippen molar-refractivity contribution in [1.29, 1.82) is 0 Å². The maximum absolute atomic E-state index is 13.9. The van der Waals surface area contributed by atoms with Gasteiger partial charge >= 0.3 is 6.03 Å². The van der Waals surface area contributed by atoms with Crippen LogP contribution in [0.25, 0.3) is 0 Å². The molecular weight excluding hydrogens is 329 g/mol. The van der Waals surface area contributed by atoms with Gasteiger partial charge in [-0.15, -0.1) is 0 Å². The Bertz CT molecular complexity index is 678. The van der Waals surface area contributed by atoms with E-state index in [1.807, 2.05) is 12.1 Å². The lowest BCUT2D eigenvalue weighted by Gasteiger charge is -2.51. The highest BCUT2D eigenvalue weighted by molar-refractivity contribution is 5.78. The average molecular weight is 359 g/mol. The highest BCUT2D eigenvalue weighted by Crippen LogP contribution is 2.48. The Balaban J connectivity index is 1.56. The van der Waals surface area contributed by atoms with Crippen molar-refractivity contribution in [2.24, 2.45) is 5.92 Å². The Kier molecular flexibility index (Phi) is 4.46. The minimum absolute atomic E-state index is 0.0560. The van der Waals surface area contributed by atoms with Crippen molar-refractivity contribution in [2.75, 3.05) is 27.2 Å². The third-order valence-electron chi connectivity index (χ3n) is 7.28. The first-order chi connectivity index (χ1) is 12.5. The molecule has 0 radical (unpaired) electrons. The minimum Gasteiger partial charge on any atom is -0.336 e. The molecule has 1 aromatic rings. The number of hydrogen-bond donors (Lipinski definition) is 1. The number of carbonyl (C=O) groups excluding carboxylic acids is 1. The summed E-state index contributed by atoms with van der Waals surface area (Å²) in [7, 11) is 4.18. The fourth-order valence-corrected chi connectivity index (χ4v) is 5.20. The van der Waals surface area contributed by atoms with E-state index in [1.165, 1.54) is 25.3 Å². The molecule has 142 valence electrons. The topological polar surface area (TPSA) is 35.6 Å². The van der Waals surface area contributed by atoms with Crippen LogP contribution in [0.15, 0.2) is 24.3 Å². The van der Waals surface area contributed by atoms with E-state index >= 15 is 0 Å². The van der Waals surface area contributed by atoms with Gasteiger partial charge in [0, 0.05) is 18.6 Å². The molecular formula is C21H30FN3O. The number of nitrogens with one attached hydrogen (secondary N) is 1. The second-order valence-electron chi connectivity index (χ2n) is 8.73. The number of rotatable bonds is 4. The maximum atomic E-state index is 13.9. The zero-order chi connectivity index (χ0) is 18.4. The molecule has 1 aromatic carbocycles. The molecule has 26 heavy (non-hydrogen) atoms. The minimum atomic E-state index is -0.173. The normalized spacial score (nSPS) is 32.2. The fourth-order valence-electron chi connectivity index (χ4n) is 5.20. The smallest absolute Gasteiger partial charge is 0.318 e. The molecule has 0 unspecified atom stereocenters. The van der Waals surface area contributed by atoms with Crippen LogP contribution in [0.4, 0.5) is 9.18 Å². The van der Waals surface area contributed by atoms with E-state index in [4.69, 9.17) is 0 Å². The van der Waals surface area contributed by atoms with Gasteiger partial charge < -0.3 is 10.2 Å². The molecule has 5 heteroatoms. The van der Waals surface area contributed by atoms with E-state index in [2.05, 4.69) is 29.2 Å². The molecule has 2 saturated carbocycles. The Morgan fingerprint density at radius 3 is 2.54 bits per heavy atom. The van der Waals surface area contributed by atoms with Gasteiger partial charge in [-0.1, -0.05) is 18.6 Å². The molecule has 2 aliphatic carbocycles. The molecule has 4 nitrogen and oxygen atoms in total. The number of nitrogens with zero attached hydrogens (tertiary/aromatic N) is 2. The lowest BCUT2D eigenvalue weighted by atomic mass is 9.68. The molecule has 1 saturated heterocycles. The van der Waals surface area contributed by atoms with Crippen molar-refractivity contribution in [1.82, 2.24) is 15.1 Å². The van der Waals surface area contributed by atoms with Crippen LogP contribution in [-0.4, -0.2) is 48.6 Å². The lowest BCUT2D eigenvalue weighted by Crippen LogP contribution is -2.56. The van der Waals surface area contributed by atoms with Crippen LogP contribution in [0.3, 0.4) is 0 Å². The van der Waals surface area contributed by atoms with Gasteiger partial charge in [-0.3, -0.25) is 4.90 Å². The zero-order valence-electron chi connectivity index (χ0n) is 15.9. The average Bonchev–Trinajstić information content (AvgIpc) is 2.88. The maximum Gasteiger partial charge on any atom is 0.318 e. The van der Waals surface area contributed by atoms with Gasteiger partial charge in [0.2, 0.25) is 0 Å². The summed E-state index contributed by atoms with van der Waals surface area (Å²) in [6, 6.07) is 7.16. The molecule has 1 N–H and O–H groups in total. The van der Waals surface area contributed by atoms with E-state index in [-0.39, 0.29) is 22.9 Å². The number of hydrogen-bond acceptors (Lipinski definition) is 2. The number of urea groups is 1. The van der Waals surface area contributed by atoms with Crippen LogP contribution in [0, 0.1) is 11.7 Å². The molecule has 1 heterocycles. The van der Waals surface area contributed by atoms with Crippen molar-refractivity contribution in [3.05, 3.63) is 35.6 Å². The third kappa shape index (κ3) is 2.81. The molecule has 0 aromatic heterocycles. The van der Waals surface area contributed by atoms with Crippen molar-refractivity contribution >= 4 is 6.03 Å². The molecule has 2 amide bonds. The summed E-state index contributed by atoms with van der Waals surface area (Å²) in [5.41, 5.74) is 0.848. The molecule has 4 rings (SSSR count). The van der Waals surface area contributed by atoms with E-state index < -0.39 is 0 Å².